The number of carbonyl (C=O) groups excluding carboxylic acids is 1. The Hall–Kier alpha value is -2.24. The van der Waals surface area contributed by atoms with E-state index < -0.39 is 0 Å². The van der Waals surface area contributed by atoms with Gasteiger partial charge in [-0.15, -0.1) is 0 Å². The fourth-order valence-electron chi connectivity index (χ4n) is 5.00. The summed E-state index contributed by atoms with van der Waals surface area (Å²) in [6, 6.07) is 14.7. The first-order chi connectivity index (χ1) is 14.1. The number of anilines is 2. The zero-order valence-electron chi connectivity index (χ0n) is 16.8. The van der Waals surface area contributed by atoms with Crippen LogP contribution in [-0.2, 0) is 0 Å². The molecule has 1 N–H and O–H groups in total. The number of piperidine rings is 1. The van der Waals surface area contributed by atoms with Crippen LogP contribution in [0.1, 0.15) is 41.9 Å². The highest BCUT2D eigenvalue weighted by atomic mass is 35.5. The van der Waals surface area contributed by atoms with Crippen molar-refractivity contribution in [3.8, 4) is 0 Å². The molecule has 0 radical (unpaired) electrons. The number of benzene rings is 2. The van der Waals surface area contributed by atoms with Crippen molar-refractivity contribution in [1.82, 2.24) is 9.80 Å². The van der Waals surface area contributed by atoms with E-state index in [9.17, 15) is 4.79 Å². The van der Waals surface area contributed by atoms with Crippen LogP contribution in [0.2, 0.25) is 5.02 Å². The average Bonchev–Trinajstić information content (AvgIpc) is 3.07. The molecule has 0 spiro atoms. The molecule has 0 aromatic heterocycles. The van der Waals surface area contributed by atoms with E-state index in [-0.39, 0.29) is 12.1 Å². The van der Waals surface area contributed by atoms with E-state index in [2.05, 4.69) is 33.3 Å². The van der Waals surface area contributed by atoms with E-state index in [0.717, 1.165) is 29.9 Å². The number of nitrogens with one attached hydrogen (secondary N) is 1. The fraction of sp³-hybridized carbons (Fsp3) is 0.435. The van der Waals surface area contributed by atoms with E-state index in [1.165, 1.54) is 31.6 Å². The number of hydrogen-bond acceptors (Lipinski definition) is 4. The minimum absolute atomic E-state index is 0.0796. The summed E-state index contributed by atoms with van der Waals surface area (Å²) in [5, 5.41) is 4.25. The number of rotatable bonds is 3. The second-order valence-electron chi connectivity index (χ2n) is 8.19. The molecule has 0 saturated carbocycles. The van der Waals surface area contributed by atoms with Gasteiger partial charge in [0.05, 0.1) is 5.56 Å². The average molecular weight is 411 g/mol. The van der Waals surface area contributed by atoms with Crippen molar-refractivity contribution >= 4 is 28.9 Å². The van der Waals surface area contributed by atoms with Crippen LogP contribution in [0.25, 0.3) is 0 Å². The molecule has 3 saturated heterocycles. The summed E-state index contributed by atoms with van der Waals surface area (Å²) in [5.74, 6) is 0.0796. The highest BCUT2D eigenvalue weighted by Crippen LogP contribution is 2.37. The Morgan fingerprint density at radius 1 is 1.07 bits per heavy atom. The number of fused-ring (bicyclic) bond motifs is 5. The molecule has 6 heteroatoms. The van der Waals surface area contributed by atoms with Gasteiger partial charge in [-0.2, -0.15) is 0 Å². The van der Waals surface area contributed by atoms with Gasteiger partial charge in [-0.3, -0.25) is 4.79 Å². The molecule has 29 heavy (non-hydrogen) atoms. The molecule has 6 rings (SSSR count). The van der Waals surface area contributed by atoms with Crippen LogP contribution < -0.4 is 10.2 Å². The first-order valence-electron chi connectivity index (χ1n) is 10.6. The van der Waals surface area contributed by atoms with E-state index >= 15 is 0 Å². The predicted molar refractivity (Wildman–Crippen MR) is 118 cm³/mol. The Morgan fingerprint density at radius 2 is 1.90 bits per heavy atom. The van der Waals surface area contributed by atoms with Gasteiger partial charge >= 0.3 is 0 Å². The molecule has 2 aromatic rings. The molecule has 3 fully saturated rings. The molecule has 1 amide bonds. The normalized spacial score (nSPS) is 26.1. The highest BCUT2D eigenvalue weighted by molar-refractivity contribution is 6.30. The molecule has 1 atom stereocenters. The topological polar surface area (TPSA) is 38.8 Å². The lowest BCUT2D eigenvalue weighted by Gasteiger charge is -2.39. The smallest absolute Gasteiger partial charge is 0.257 e. The molecule has 5 nitrogen and oxygen atoms in total. The number of halogens is 1. The van der Waals surface area contributed by atoms with Crippen molar-refractivity contribution in [3.05, 3.63) is 58.6 Å². The van der Waals surface area contributed by atoms with Crippen LogP contribution in [0.3, 0.4) is 0 Å². The van der Waals surface area contributed by atoms with Gasteiger partial charge in [0, 0.05) is 55.2 Å². The summed E-state index contributed by atoms with van der Waals surface area (Å²) in [7, 11) is 0. The van der Waals surface area contributed by atoms with Crippen molar-refractivity contribution in [2.24, 2.45) is 0 Å². The van der Waals surface area contributed by atoms with E-state index in [1.54, 1.807) is 0 Å². The third-order valence-electron chi connectivity index (χ3n) is 6.59. The van der Waals surface area contributed by atoms with Crippen LogP contribution >= 0.6 is 11.6 Å². The molecular formula is C23H27ClN4O. The summed E-state index contributed by atoms with van der Waals surface area (Å²) >= 11 is 6.20. The van der Waals surface area contributed by atoms with Gasteiger partial charge in [0.1, 0.15) is 6.17 Å². The van der Waals surface area contributed by atoms with Crippen LogP contribution in [0, 0.1) is 0 Å². The summed E-state index contributed by atoms with van der Waals surface area (Å²) in [4.78, 5) is 20.4. The molecular weight excluding hydrogens is 384 g/mol. The first-order valence-corrected chi connectivity index (χ1v) is 11.0. The van der Waals surface area contributed by atoms with Gasteiger partial charge in [0.25, 0.3) is 5.91 Å². The second kappa shape index (κ2) is 7.54. The quantitative estimate of drug-likeness (QED) is 0.822. The number of amides is 1. The van der Waals surface area contributed by atoms with Gasteiger partial charge in [-0.25, -0.2) is 0 Å². The Labute approximate surface area is 177 Å². The number of hydrogen-bond donors (Lipinski definition) is 1. The van der Waals surface area contributed by atoms with Crippen molar-refractivity contribution in [3.63, 3.8) is 0 Å². The van der Waals surface area contributed by atoms with Crippen LogP contribution in [0.5, 0.6) is 0 Å². The minimum atomic E-state index is -0.203. The summed E-state index contributed by atoms with van der Waals surface area (Å²) in [6.07, 6.45) is 2.22. The summed E-state index contributed by atoms with van der Waals surface area (Å²) < 4.78 is 0. The Morgan fingerprint density at radius 3 is 2.66 bits per heavy atom. The summed E-state index contributed by atoms with van der Waals surface area (Å²) in [5.41, 5.74) is 3.84. The zero-order valence-corrected chi connectivity index (χ0v) is 17.5. The SMILES string of the molecule is CCN1C(=O)c2cc(N3CCN4CCC3CC4)ccc2NC1c1cccc(Cl)c1. The molecule has 4 aliphatic rings. The van der Waals surface area contributed by atoms with E-state index in [1.807, 2.05) is 36.1 Å². The molecule has 0 aliphatic carbocycles. The van der Waals surface area contributed by atoms with Gasteiger partial charge < -0.3 is 20.0 Å². The molecule has 4 heterocycles. The Bertz CT molecular complexity index is 925. The number of carbonyl (C=O) groups is 1. The van der Waals surface area contributed by atoms with Crippen LogP contribution in [-0.4, -0.2) is 54.5 Å². The lowest BCUT2D eigenvalue weighted by Crippen LogP contribution is -2.43. The van der Waals surface area contributed by atoms with Crippen molar-refractivity contribution < 1.29 is 4.79 Å². The lowest BCUT2D eigenvalue weighted by molar-refractivity contribution is 0.0695. The zero-order chi connectivity index (χ0) is 20.0. The first kappa shape index (κ1) is 18.8. The van der Waals surface area contributed by atoms with Gasteiger partial charge in [0.15, 0.2) is 0 Å². The standard InChI is InChI=1S/C23H27ClN4O/c1-2-27-22(16-4-3-5-17(24)14-16)25-21-7-6-19(15-20(21)23(27)29)28-13-12-26-10-8-18(28)9-11-26/h3-7,14-15,18,22,25H,2,8-13H2,1H3. The van der Waals surface area contributed by atoms with E-state index in [0.29, 0.717) is 17.6 Å². The van der Waals surface area contributed by atoms with Crippen molar-refractivity contribution in [2.75, 3.05) is 42.9 Å². The van der Waals surface area contributed by atoms with Gasteiger partial charge in [0.2, 0.25) is 0 Å². The highest BCUT2D eigenvalue weighted by Gasteiger charge is 2.34. The maximum atomic E-state index is 13.4. The van der Waals surface area contributed by atoms with Crippen molar-refractivity contribution in [2.45, 2.75) is 32.0 Å². The fourth-order valence-corrected chi connectivity index (χ4v) is 5.20. The summed E-state index contributed by atoms with van der Waals surface area (Å²) in [6.45, 7) is 7.18. The van der Waals surface area contributed by atoms with E-state index in [4.69, 9.17) is 11.6 Å². The van der Waals surface area contributed by atoms with Crippen LogP contribution in [0.4, 0.5) is 11.4 Å². The molecule has 152 valence electrons. The molecule has 2 bridgehead atoms. The third kappa shape index (κ3) is 3.36. The third-order valence-corrected chi connectivity index (χ3v) is 6.83. The molecule has 4 aliphatic heterocycles. The van der Waals surface area contributed by atoms with Gasteiger partial charge in [-0.05, 0) is 55.7 Å². The Balaban J connectivity index is 1.48. The number of nitrogens with zero attached hydrogens (tertiary/aromatic N) is 3. The molecule has 2 aromatic carbocycles. The maximum Gasteiger partial charge on any atom is 0.257 e. The van der Waals surface area contributed by atoms with Crippen LogP contribution in [0.15, 0.2) is 42.5 Å². The lowest BCUT2D eigenvalue weighted by atomic mass is 10.0. The predicted octanol–water partition coefficient (Wildman–Crippen LogP) is 4.21. The molecule has 1 unspecified atom stereocenters. The van der Waals surface area contributed by atoms with Gasteiger partial charge in [-0.1, -0.05) is 23.7 Å². The monoisotopic (exact) mass is 410 g/mol. The Kier molecular flexibility index (Phi) is 4.88. The second-order valence-corrected chi connectivity index (χ2v) is 8.63. The minimum Gasteiger partial charge on any atom is -0.367 e. The van der Waals surface area contributed by atoms with Crippen molar-refractivity contribution in [1.29, 1.82) is 0 Å². The maximum absolute atomic E-state index is 13.4. The largest absolute Gasteiger partial charge is 0.367 e.